The zero-order valence-electron chi connectivity index (χ0n) is 17.7. The van der Waals surface area contributed by atoms with Crippen molar-refractivity contribution in [3.8, 4) is 0 Å². The molecule has 1 atom stereocenters. The molecule has 2 fully saturated rings. The van der Waals surface area contributed by atoms with Crippen molar-refractivity contribution < 1.29 is 4.79 Å². The zero-order chi connectivity index (χ0) is 19.9. The van der Waals surface area contributed by atoms with Gasteiger partial charge >= 0.3 is 0 Å². The Morgan fingerprint density at radius 1 is 1.29 bits per heavy atom. The number of amides is 1. The maximum atomic E-state index is 12.6. The minimum atomic E-state index is 0.273. The van der Waals surface area contributed by atoms with Gasteiger partial charge in [0.15, 0.2) is 5.96 Å². The molecule has 0 radical (unpaired) electrons. The van der Waals surface area contributed by atoms with Gasteiger partial charge in [0.2, 0.25) is 5.91 Å². The van der Waals surface area contributed by atoms with E-state index in [9.17, 15) is 4.79 Å². The number of carbonyl (C=O) groups excluding carboxylic acids is 1. The predicted molar refractivity (Wildman–Crippen MR) is 112 cm³/mol. The van der Waals surface area contributed by atoms with Crippen molar-refractivity contribution in [3.63, 3.8) is 0 Å². The Kier molecular flexibility index (Phi) is 7.34. The van der Waals surface area contributed by atoms with Crippen molar-refractivity contribution in [3.05, 3.63) is 17.5 Å². The summed E-state index contributed by atoms with van der Waals surface area (Å²) >= 11 is 0. The van der Waals surface area contributed by atoms with E-state index in [1.165, 1.54) is 18.5 Å². The van der Waals surface area contributed by atoms with E-state index in [2.05, 4.69) is 45.2 Å². The highest BCUT2D eigenvalue weighted by molar-refractivity contribution is 5.81. The van der Waals surface area contributed by atoms with Crippen LogP contribution < -0.4 is 10.6 Å². The number of aryl methyl sites for hydroxylation is 3. The fourth-order valence-electron chi connectivity index (χ4n) is 4.34. The fraction of sp³-hybridized carbons (Fsp3) is 0.762. The Bertz CT molecular complexity index is 676. The van der Waals surface area contributed by atoms with E-state index < -0.39 is 0 Å². The van der Waals surface area contributed by atoms with Crippen LogP contribution in [0.15, 0.2) is 11.1 Å². The lowest BCUT2D eigenvalue weighted by Gasteiger charge is -2.21. The Labute approximate surface area is 169 Å². The van der Waals surface area contributed by atoms with E-state index in [0.717, 1.165) is 70.1 Å². The number of likely N-dealkylation sites (tertiary alicyclic amines) is 1. The monoisotopic (exact) mass is 388 g/mol. The quantitative estimate of drug-likeness (QED) is 0.427. The van der Waals surface area contributed by atoms with Crippen LogP contribution in [0, 0.1) is 19.8 Å². The summed E-state index contributed by atoms with van der Waals surface area (Å²) in [5, 5.41) is 11.4. The molecule has 1 saturated carbocycles. The molecule has 0 bridgehead atoms. The molecule has 2 aliphatic rings. The van der Waals surface area contributed by atoms with Gasteiger partial charge in [-0.15, -0.1) is 0 Å². The molecule has 2 N–H and O–H groups in total. The number of hydrogen-bond donors (Lipinski definition) is 2. The first-order chi connectivity index (χ1) is 13.6. The third-order valence-corrected chi connectivity index (χ3v) is 5.79. The molecule has 1 aliphatic carbocycles. The van der Waals surface area contributed by atoms with Gasteiger partial charge in [0.05, 0.1) is 5.69 Å². The van der Waals surface area contributed by atoms with Crippen molar-refractivity contribution in [2.24, 2.45) is 10.9 Å². The third kappa shape index (κ3) is 5.49. The van der Waals surface area contributed by atoms with Crippen molar-refractivity contribution in [1.82, 2.24) is 25.3 Å². The zero-order valence-corrected chi connectivity index (χ0v) is 17.7. The summed E-state index contributed by atoms with van der Waals surface area (Å²) < 4.78 is 2.05. The van der Waals surface area contributed by atoms with E-state index in [0.29, 0.717) is 11.9 Å². The van der Waals surface area contributed by atoms with Gasteiger partial charge in [-0.25, -0.2) is 0 Å². The summed E-state index contributed by atoms with van der Waals surface area (Å²) in [5.74, 6) is 1.50. The molecule has 0 aromatic carbocycles. The third-order valence-electron chi connectivity index (χ3n) is 5.79. The number of carbonyl (C=O) groups is 1. The Morgan fingerprint density at radius 2 is 2.07 bits per heavy atom. The van der Waals surface area contributed by atoms with Crippen LogP contribution >= 0.6 is 0 Å². The molecule has 1 aromatic rings. The average molecular weight is 389 g/mol. The van der Waals surface area contributed by atoms with Gasteiger partial charge in [0.1, 0.15) is 0 Å². The SMILES string of the molecule is CCNC(=NCCCn1nc(C)cc1C)NC1CCN(C(=O)C2CCCC2)C1. The Balaban J connectivity index is 1.45. The number of hydrogen-bond acceptors (Lipinski definition) is 3. The number of aromatic nitrogens is 2. The summed E-state index contributed by atoms with van der Waals surface area (Å²) in [5.41, 5.74) is 2.26. The number of guanidine groups is 1. The van der Waals surface area contributed by atoms with Gasteiger partial charge in [0, 0.05) is 50.4 Å². The van der Waals surface area contributed by atoms with E-state index in [1.54, 1.807) is 0 Å². The predicted octanol–water partition coefficient (Wildman–Crippen LogP) is 2.24. The van der Waals surface area contributed by atoms with Crippen LogP contribution in [0.25, 0.3) is 0 Å². The van der Waals surface area contributed by atoms with E-state index in [1.807, 2.05) is 6.92 Å². The second kappa shape index (κ2) is 9.94. The number of rotatable bonds is 7. The van der Waals surface area contributed by atoms with Crippen LogP contribution in [0.5, 0.6) is 0 Å². The molecule has 1 unspecified atom stereocenters. The second-order valence-electron chi connectivity index (χ2n) is 8.16. The molecule has 1 aromatic heterocycles. The van der Waals surface area contributed by atoms with E-state index >= 15 is 0 Å². The molecular formula is C21H36N6O. The summed E-state index contributed by atoms with van der Waals surface area (Å²) in [7, 11) is 0. The molecule has 28 heavy (non-hydrogen) atoms. The van der Waals surface area contributed by atoms with Gasteiger partial charge in [-0.3, -0.25) is 14.5 Å². The molecule has 3 rings (SSSR count). The van der Waals surface area contributed by atoms with Crippen LogP contribution in [-0.4, -0.2) is 58.8 Å². The number of aliphatic imine (C=N–C) groups is 1. The molecule has 1 saturated heterocycles. The normalized spacial score (nSPS) is 20.8. The molecule has 7 heteroatoms. The summed E-state index contributed by atoms with van der Waals surface area (Å²) in [6.07, 6.45) is 6.52. The first-order valence-corrected chi connectivity index (χ1v) is 10.9. The smallest absolute Gasteiger partial charge is 0.225 e. The average Bonchev–Trinajstić information content (AvgIpc) is 3.40. The minimum Gasteiger partial charge on any atom is -0.357 e. The van der Waals surface area contributed by atoms with Crippen molar-refractivity contribution in [2.75, 3.05) is 26.2 Å². The van der Waals surface area contributed by atoms with Gasteiger partial charge in [-0.1, -0.05) is 12.8 Å². The fourth-order valence-corrected chi connectivity index (χ4v) is 4.34. The maximum absolute atomic E-state index is 12.6. The van der Waals surface area contributed by atoms with Crippen LogP contribution in [0.3, 0.4) is 0 Å². The van der Waals surface area contributed by atoms with Crippen LogP contribution in [0.2, 0.25) is 0 Å². The van der Waals surface area contributed by atoms with Crippen molar-refractivity contribution in [1.29, 1.82) is 0 Å². The largest absolute Gasteiger partial charge is 0.357 e. The maximum Gasteiger partial charge on any atom is 0.225 e. The lowest BCUT2D eigenvalue weighted by molar-refractivity contribution is -0.134. The molecule has 156 valence electrons. The first-order valence-electron chi connectivity index (χ1n) is 10.9. The van der Waals surface area contributed by atoms with Gasteiger partial charge < -0.3 is 15.5 Å². The summed E-state index contributed by atoms with van der Waals surface area (Å²) in [6, 6.07) is 2.40. The highest BCUT2D eigenvalue weighted by Gasteiger charge is 2.32. The minimum absolute atomic E-state index is 0.273. The highest BCUT2D eigenvalue weighted by atomic mass is 16.2. The Morgan fingerprint density at radius 3 is 2.75 bits per heavy atom. The standard InChI is InChI=1S/C21H36N6O/c1-4-22-21(23-11-7-12-27-17(3)14-16(2)25-27)24-19-10-13-26(15-19)20(28)18-8-5-6-9-18/h14,18-19H,4-13,15H2,1-3H3,(H2,22,23,24). The van der Waals surface area contributed by atoms with Gasteiger partial charge in [-0.2, -0.15) is 5.10 Å². The van der Waals surface area contributed by atoms with Crippen molar-refractivity contribution in [2.45, 2.75) is 71.9 Å². The van der Waals surface area contributed by atoms with Crippen molar-refractivity contribution >= 4 is 11.9 Å². The van der Waals surface area contributed by atoms with Crippen LogP contribution in [0.1, 0.15) is 56.8 Å². The summed E-state index contributed by atoms with van der Waals surface area (Å²) in [4.78, 5) is 19.4. The van der Waals surface area contributed by atoms with Crippen LogP contribution in [0.4, 0.5) is 0 Å². The lowest BCUT2D eigenvalue weighted by Crippen LogP contribution is -2.45. The molecular weight excluding hydrogens is 352 g/mol. The molecule has 2 heterocycles. The van der Waals surface area contributed by atoms with Gasteiger partial charge in [-0.05, 0) is 52.5 Å². The second-order valence-corrected chi connectivity index (χ2v) is 8.16. The highest BCUT2D eigenvalue weighted by Crippen LogP contribution is 2.27. The van der Waals surface area contributed by atoms with E-state index in [-0.39, 0.29) is 5.92 Å². The molecule has 7 nitrogen and oxygen atoms in total. The lowest BCUT2D eigenvalue weighted by atomic mass is 10.1. The topological polar surface area (TPSA) is 74.6 Å². The number of nitrogens with one attached hydrogen (secondary N) is 2. The van der Waals surface area contributed by atoms with Crippen LogP contribution in [-0.2, 0) is 11.3 Å². The number of nitrogens with zero attached hydrogens (tertiary/aromatic N) is 4. The first kappa shape index (κ1) is 20.7. The van der Waals surface area contributed by atoms with E-state index in [4.69, 9.17) is 4.99 Å². The Hall–Kier alpha value is -2.05. The van der Waals surface area contributed by atoms with Gasteiger partial charge in [0.25, 0.3) is 0 Å². The molecule has 1 amide bonds. The molecule has 1 aliphatic heterocycles. The summed E-state index contributed by atoms with van der Waals surface area (Å²) in [6.45, 7) is 10.3. The molecule has 0 spiro atoms.